The second-order valence-electron chi connectivity index (χ2n) is 6.56. The Morgan fingerprint density at radius 2 is 2.04 bits per heavy atom. The molecule has 0 saturated carbocycles. The predicted molar refractivity (Wildman–Crippen MR) is 124 cm³/mol. The van der Waals surface area contributed by atoms with Gasteiger partial charge in [-0.25, -0.2) is 4.98 Å². The molecule has 7 heteroatoms. The first-order valence-electron chi connectivity index (χ1n) is 9.09. The fourth-order valence-corrected chi connectivity index (χ4v) is 3.33. The van der Waals surface area contributed by atoms with Gasteiger partial charge in [0.15, 0.2) is 5.96 Å². The Kier molecular flexibility index (Phi) is 9.14. The van der Waals surface area contributed by atoms with E-state index < -0.39 is 0 Å². The molecule has 1 unspecified atom stereocenters. The minimum atomic E-state index is 0. The van der Waals surface area contributed by atoms with E-state index in [0.717, 1.165) is 44.1 Å². The molecule has 2 heterocycles. The van der Waals surface area contributed by atoms with E-state index in [0.29, 0.717) is 11.1 Å². The molecule has 1 atom stereocenters. The lowest BCUT2D eigenvalue weighted by molar-refractivity contribution is 0.566. The molecule has 5 nitrogen and oxygen atoms in total. The van der Waals surface area contributed by atoms with Gasteiger partial charge in [0.2, 0.25) is 0 Å². The average Bonchev–Trinajstić information content (AvgIpc) is 3.16. The van der Waals surface area contributed by atoms with Crippen LogP contribution < -0.4 is 15.5 Å². The van der Waals surface area contributed by atoms with Gasteiger partial charge in [0.05, 0.1) is 0 Å². The zero-order valence-electron chi connectivity index (χ0n) is 15.6. The van der Waals surface area contributed by atoms with Gasteiger partial charge in [0.1, 0.15) is 5.15 Å². The molecule has 0 amide bonds. The minimum Gasteiger partial charge on any atom is -0.371 e. The Bertz CT molecular complexity index is 708. The van der Waals surface area contributed by atoms with Crippen molar-refractivity contribution in [3.8, 4) is 0 Å². The van der Waals surface area contributed by atoms with Crippen molar-refractivity contribution >= 4 is 47.2 Å². The van der Waals surface area contributed by atoms with Gasteiger partial charge in [-0.2, -0.15) is 0 Å². The summed E-state index contributed by atoms with van der Waals surface area (Å²) in [5.74, 6) is 1.49. The quantitative estimate of drug-likeness (QED) is 0.276. The highest BCUT2D eigenvalue weighted by Crippen LogP contribution is 2.22. The monoisotopic (exact) mass is 499 g/mol. The molecular formula is C20H27ClIN5. The van der Waals surface area contributed by atoms with Gasteiger partial charge in [-0.1, -0.05) is 35.9 Å². The highest BCUT2D eigenvalue weighted by atomic mass is 127. The summed E-state index contributed by atoms with van der Waals surface area (Å²) in [6, 6.07) is 14.5. The standard InChI is InChI=1S/C20H26ClN5.HI/c1-22-20(23-11-9-16-7-8-19(21)24-13-16)25-14-17-10-12-26(15-17)18-5-3-2-4-6-18;/h2-8,13,17H,9-12,14-15H2,1H3,(H2,22,23,25);1H. The number of nitrogens with one attached hydrogen (secondary N) is 2. The summed E-state index contributed by atoms with van der Waals surface area (Å²) in [6.45, 7) is 3.95. The minimum absolute atomic E-state index is 0. The SMILES string of the molecule is CN=C(NCCc1ccc(Cl)nc1)NCC1CCN(c2ccccc2)C1.I. The predicted octanol–water partition coefficient (Wildman–Crippen LogP) is 3.59. The van der Waals surface area contributed by atoms with E-state index in [1.54, 1.807) is 0 Å². The van der Waals surface area contributed by atoms with Crippen LogP contribution in [0.4, 0.5) is 5.69 Å². The molecule has 0 spiro atoms. The number of benzene rings is 1. The highest BCUT2D eigenvalue weighted by molar-refractivity contribution is 14.0. The normalized spacial score (nSPS) is 16.7. The van der Waals surface area contributed by atoms with Gasteiger partial charge >= 0.3 is 0 Å². The molecule has 1 aliphatic heterocycles. The molecule has 146 valence electrons. The second kappa shape index (κ2) is 11.3. The van der Waals surface area contributed by atoms with E-state index in [-0.39, 0.29) is 24.0 Å². The maximum atomic E-state index is 5.81. The Morgan fingerprint density at radius 3 is 2.74 bits per heavy atom. The third-order valence-electron chi connectivity index (χ3n) is 4.68. The Labute approximate surface area is 183 Å². The molecule has 2 aromatic rings. The van der Waals surface area contributed by atoms with Crippen molar-refractivity contribution in [1.82, 2.24) is 15.6 Å². The maximum Gasteiger partial charge on any atom is 0.190 e. The van der Waals surface area contributed by atoms with Crippen LogP contribution in [0.2, 0.25) is 5.15 Å². The number of aromatic nitrogens is 1. The fourth-order valence-electron chi connectivity index (χ4n) is 3.21. The first-order chi connectivity index (χ1) is 12.7. The summed E-state index contributed by atoms with van der Waals surface area (Å²) >= 11 is 5.81. The number of halogens is 2. The molecule has 1 aliphatic rings. The lowest BCUT2D eigenvalue weighted by atomic mass is 10.1. The van der Waals surface area contributed by atoms with Gasteiger partial charge in [0, 0.05) is 45.1 Å². The summed E-state index contributed by atoms with van der Waals surface area (Å²) in [5, 5.41) is 7.35. The number of hydrogen-bond acceptors (Lipinski definition) is 3. The molecule has 2 N–H and O–H groups in total. The van der Waals surface area contributed by atoms with Crippen molar-refractivity contribution in [1.29, 1.82) is 0 Å². The molecular weight excluding hydrogens is 473 g/mol. The second-order valence-corrected chi connectivity index (χ2v) is 6.94. The Morgan fingerprint density at radius 1 is 1.22 bits per heavy atom. The number of nitrogens with zero attached hydrogens (tertiary/aromatic N) is 3. The van der Waals surface area contributed by atoms with Gasteiger partial charge in [0.25, 0.3) is 0 Å². The summed E-state index contributed by atoms with van der Waals surface area (Å²) < 4.78 is 0. The summed E-state index contributed by atoms with van der Waals surface area (Å²) in [5.41, 5.74) is 2.47. The van der Waals surface area contributed by atoms with Crippen LogP contribution in [0.1, 0.15) is 12.0 Å². The van der Waals surface area contributed by atoms with Crippen LogP contribution >= 0.6 is 35.6 Å². The molecule has 0 radical (unpaired) electrons. The van der Waals surface area contributed by atoms with E-state index in [1.165, 1.54) is 12.1 Å². The fraction of sp³-hybridized carbons (Fsp3) is 0.400. The molecule has 1 saturated heterocycles. The zero-order valence-corrected chi connectivity index (χ0v) is 18.7. The largest absolute Gasteiger partial charge is 0.371 e. The van der Waals surface area contributed by atoms with E-state index in [4.69, 9.17) is 11.6 Å². The molecule has 1 fully saturated rings. The lowest BCUT2D eigenvalue weighted by Crippen LogP contribution is -2.41. The molecule has 0 aliphatic carbocycles. The van der Waals surface area contributed by atoms with Crippen LogP contribution in [0, 0.1) is 5.92 Å². The third kappa shape index (κ3) is 6.84. The molecule has 0 bridgehead atoms. The van der Waals surface area contributed by atoms with E-state index in [1.807, 2.05) is 25.4 Å². The van der Waals surface area contributed by atoms with Crippen LogP contribution in [-0.4, -0.2) is 44.2 Å². The van der Waals surface area contributed by atoms with Crippen molar-refractivity contribution in [2.75, 3.05) is 38.1 Å². The third-order valence-corrected chi connectivity index (χ3v) is 4.91. The van der Waals surface area contributed by atoms with Crippen LogP contribution in [-0.2, 0) is 6.42 Å². The average molecular weight is 500 g/mol. The van der Waals surface area contributed by atoms with Crippen LogP contribution in [0.5, 0.6) is 0 Å². The number of para-hydroxylation sites is 1. The topological polar surface area (TPSA) is 52.6 Å². The van der Waals surface area contributed by atoms with Gasteiger partial charge in [-0.05, 0) is 42.5 Å². The lowest BCUT2D eigenvalue weighted by Gasteiger charge is -2.19. The first kappa shape index (κ1) is 21.8. The summed E-state index contributed by atoms with van der Waals surface area (Å²) in [4.78, 5) is 10.9. The van der Waals surface area contributed by atoms with E-state index in [9.17, 15) is 0 Å². The van der Waals surface area contributed by atoms with Crippen molar-refractivity contribution in [3.63, 3.8) is 0 Å². The van der Waals surface area contributed by atoms with Gasteiger partial charge in [-0.15, -0.1) is 24.0 Å². The first-order valence-corrected chi connectivity index (χ1v) is 9.47. The number of anilines is 1. The molecule has 3 rings (SSSR count). The number of aliphatic imine (C=N–C) groups is 1. The van der Waals surface area contributed by atoms with Crippen LogP contribution in [0.3, 0.4) is 0 Å². The number of rotatable bonds is 6. The number of pyridine rings is 1. The Hall–Kier alpha value is -1.54. The highest BCUT2D eigenvalue weighted by Gasteiger charge is 2.22. The molecule has 1 aromatic heterocycles. The van der Waals surface area contributed by atoms with Crippen molar-refractivity contribution in [3.05, 3.63) is 59.4 Å². The van der Waals surface area contributed by atoms with Crippen molar-refractivity contribution < 1.29 is 0 Å². The molecule has 27 heavy (non-hydrogen) atoms. The van der Waals surface area contributed by atoms with Gasteiger partial charge < -0.3 is 15.5 Å². The van der Waals surface area contributed by atoms with Crippen molar-refractivity contribution in [2.24, 2.45) is 10.9 Å². The number of hydrogen-bond donors (Lipinski definition) is 2. The van der Waals surface area contributed by atoms with E-state index >= 15 is 0 Å². The molecule has 1 aromatic carbocycles. The zero-order chi connectivity index (χ0) is 18.2. The summed E-state index contributed by atoms with van der Waals surface area (Å²) in [7, 11) is 1.81. The summed E-state index contributed by atoms with van der Waals surface area (Å²) in [6.07, 6.45) is 3.91. The Balaban J connectivity index is 0.00000261. The van der Waals surface area contributed by atoms with Gasteiger partial charge in [-0.3, -0.25) is 4.99 Å². The maximum absolute atomic E-state index is 5.81. The van der Waals surface area contributed by atoms with Crippen LogP contribution in [0.25, 0.3) is 0 Å². The smallest absolute Gasteiger partial charge is 0.190 e. The van der Waals surface area contributed by atoms with Crippen molar-refractivity contribution in [2.45, 2.75) is 12.8 Å². The van der Waals surface area contributed by atoms with Crippen LogP contribution in [0.15, 0.2) is 53.7 Å². The van der Waals surface area contributed by atoms with E-state index in [2.05, 4.69) is 55.8 Å². The number of guanidine groups is 1.